The van der Waals surface area contributed by atoms with Crippen LogP contribution >= 0.6 is 12.2 Å². The molecule has 7 heteroatoms. The maximum Gasteiger partial charge on any atom is 0.344 e. The molecule has 0 aliphatic heterocycles. The molecule has 0 saturated heterocycles. The first kappa shape index (κ1) is 15.9. The van der Waals surface area contributed by atoms with Crippen LogP contribution in [-0.4, -0.2) is 30.0 Å². The van der Waals surface area contributed by atoms with Gasteiger partial charge in [-0.15, -0.1) is 0 Å². The molecule has 0 saturated carbocycles. The molecule has 0 aromatic heterocycles. The summed E-state index contributed by atoms with van der Waals surface area (Å²) in [6.07, 6.45) is 1.42. The molecular formula is C13H17N3O3S. The molecule has 0 spiro atoms. The van der Waals surface area contributed by atoms with Gasteiger partial charge < -0.3 is 15.2 Å². The van der Waals surface area contributed by atoms with Gasteiger partial charge in [0.1, 0.15) is 5.75 Å². The molecule has 0 bridgehead atoms. The third-order valence-electron chi connectivity index (χ3n) is 1.99. The molecule has 0 radical (unpaired) electrons. The van der Waals surface area contributed by atoms with Crippen molar-refractivity contribution in [3.05, 3.63) is 29.8 Å². The standard InChI is InChI=1S/C13H17N3O3S/c1-9(2)19-12(17)8-18-11-5-3-10(4-6-11)7-15-16-13(14)20/h3-7,9H,8H2,1-2H3,(H3,14,16,20)/b15-7-. The van der Waals surface area contributed by atoms with Crippen molar-refractivity contribution in [2.45, 2.75) is 20.0 Å². The molecule has 6 nitrogen and oxygen atoms in total. The minimum atomic E-state index is -0.397. The van der Waals surface area contributed by atoms with Crippen molar-refractivity contribution in [3.63, 3.8) is 0 Å². The molecular weight excluding hydrogens is 278 g/mol. The summed E-state index contributed by atoms with van der Waals surface area (Å²) in [4.78, 5) is 11.3. The monoisotopic (exact) mass is 295 g/mol. The quantitative estimate of drug-likeness (QED) is 0.355. The van der Waals surface area contributed by atoms with Crippen LogP contribution in [0.5, 0.6) is 5.75 Å². The highest BCUT2D eigenvalue weighted by atomic mass is 32.1. The number of carbonyl (C=O) groups excluding carboxylic acids is 1. The maximum absolute atomic E-state index is 11.3. The lowest BCUT2D eigenvalue weighted by molar-refractivity contribution is -0.149. The second-order valence-electron chi connectivity index (χ2n) is 4.13. The van der Waals surface area contributed by atoms with Crippen LogP contribution in [0.1, 0.15) is 19.4 Å². The number of nitrogens with zero attached hydrogens (tertiary/aromatic N) is 1. The first-order chi connectivity index (χ1) is 9.47. The molecule has 1 aromatic rings. The first-order valence-electron chi connectivity index (χ1n) is 5.98. The number of rotatable bonds is 6. The van der Waals surface area contributed by atoms with E-state index in [1.54, 1.807) is 44.3 Å². The van der Waals surface area contributed by atoms with Gasteiger partial charge in [0, 0.05) is 0 Å². The van der Waals surface area contributed by atoms with Crippen molar-refractivity contribution in [1.82, 2.24) is 5.43 Å². The van der Waals surface area contributed by atoms with E-state index in [9.17, 15) is 4.79 Å². The van der Waals surface area contributed by atoms with Crippen molar-refractivity contribution in [1.29, 1.82) is 0 Å². The molecule has 0 unspecified atom stereocenters. The highest BCUT2D eigenvalue weighted by Gasteiger charge is 2.06. The van der Waals surface area contributed by atoms with E-state index in [0.29, 0.717) is 5.75 Å². The molecule has 0 aliphatic rings. The Morgan fingerprint density at radius 2 is 2.10 bits per heavy atom. The van der Waals surface area contributed by atoms with Crippen molar-refractivity contribution >= 4 is 29.5 Å². The number of thiocarbonyl (C=S) groups is 1. The Morgan fingerprint density at radius 1 is 1.45 bits per heavy atom. The molecule has 0 amide bonds. The Bertz CT molecular complexity index is 486. The molecule has 1 aromatic carbocycles. The van der Waals surface area contributed by atoms with Gasteiger partial charge in [0.25, 0.3) is 0 Å². The Hall–Kier alpha value is -2.15. The van der Waals surface area contributed by atoms with Gasteiger partial charge in [-0.3, -0.25) is 5.43 Å². The van der Waals surface area contributed by atoms with Gasteiger partial charge in [0.05, 0.1) is 12.3 Å². The zero-order valence-corrected chi connectivity index (χ0v) is 12.1. The van der Waals surface area contributed by atoms with Crippen LogP contribution in [0.3, 0.4) is 0 Å². The zero-order valence-electron chi connectivity index (χ0n) is 11.3. The Morgan fingerprint density at radius 3 is 2.65 bits per heavy atom. The van der Waals surface area contributed by atoms with Crippen LogP contribution < -0.4 is 15.9 Å². The summed E-state index contributed by atoms with van der Waals surface area (Å²) in [6.45, 7) is 3.45. The summed E-state index contributed by atoms with van der Waals surface area (Å²) >= 11 is 4.61. The van der Waals surface area contributed by atoms with Crippen LogP contribution in [-0.2, 0) is 9.53 Å². The number of nitrogens with two attached hydrogens (primary N) is 1. The van der Waals surface area contributed by atoms with Crippen molar-refractivity contribution in [2.24, 2.45) is 10.8 Å². The third kappa shape index (κ3) is 6.69. The van der Waals surface area contributed by atoms with Gasteiger partial charge in [-0.25, -0.2) is 4.79 Å². The van der Waals surface area contributed by atoms with Gasteiger partial charge in [-0.2, -0.15) is 5.10 Å². The highest BCUT2D eigenvalue weighted by Crippen LogP contribution is 2.11. The summed E-state index contributed by atoms with van der Waals surface area (Å²) in [7, 11) is 0. The van der Waals surface area contributed by atoms with Crippen LogP contribution in [0, 0.1) is 0 Å². The largest absolute Gasteiger partial charge is 0.482 e. The second-order valence-corrected chi connectivity index (χ2v) is 4.57. The van der Waals surface area contributed by atoms with E-state index in [1.807, 2.05) is 0 Å². The van der Waals surface area contributed by atoms with Crippen LogP contribution in [0.25, 0.3) is 0 Å². The van der Waals surface area contributed by atoms with E-state index in [-0.39, 0.29) is 17.8 Å². The van der Waals surface area contributed by atoms with Gasteiger partial charge in [-0.05, 0) is 55.9 Å². The predicted molar refractivity (Wildman–Crippen MR) is 80.7 cm³/mol. The van der Waals surface area contributed by atoms with Crippen LogP contribution in [0.4, 0.5) is 0 Å². The summed E-state index contributed by atoms with van der Waals surface area (Å²) in [6, 6.07) is 7.03. The van der Waals surface area contributed by atoms with Crippen LogP contribution in [0.2, 0.25) is 0 Å². The van der Waals surface area contributed by atoms with Crippen molar-refractivity contribution in [2.75, 3.05) is 6.61 Å². The number of benzene rings is 1. The number of esters is 1. The van der Waals surface area contributed by atoms with E-state index in [2.05, 4.69) is 22.7 Å². The third-order valence-corrected chi connectivity index (χ3v) is 2.08. The maximum atomic E-state index is 11.3. The lowest BCUT2D eigenvalue weighted by Gasteiger charge is -2.09. The summed E-state index contributed by atoms with van der Waals surface area (Å²) in [5.74, 6) is 0.177. The molecule has 3 N–H and O–H groups in total. The zero-order chi connectivity index (χ0) is 15.0. The molecule has 0 fully saturated rings. The minimum Gasteiger partial charge on any atom is -0.482 e. The fourth-order valence-electron chi connectivity index (χ4n) is 1.26. The Balaban J connectivity index is 2.44. The topological polar surface area (TPSA) is 85.9 Å². The highest BCUT2D eigenvalue weighted by molar-refractivity contribution is 7.80. The fourth-order valence-corrected chi connectivity index (χ4v) is 1.31. The number of nitrogens with one attached hydrogen (secondary N) is 1. The average molecular weight is 295 g/mol. The fraction of sp³-hybridized carbons (Fsp3) is 0.308. The van der Waals surface area contributed by atoms with E-state index in [1.165, 1.54) is 0 Å². The van der Waals surface area contributed by atoms with Gasteiger partial charge in [0.15, 0.2) is 11.7 Å². The smallest absolute Gasteiger partial charge is 0.344 e. The van der Waals surface area contributed by atoms with E-state index in [4.69, 9.17) is 15.2 Å². The number of ether oxygens (including phenoxy) is 2. The SMILES string of the molecule is CC(C)OC(=O)COc1ccc(/C=N\NC(N)=S)cc1. The number of hydrogen-bond donors (Lipinski definition) is 2. The summed E-state index contributed by atoms with van der Waals surface area (Å²) in [5.41, 5.74) is 8.52. The Kier molecular flexibility index (Phi) is 6.45. The number of carbonyl (C=O) groups is 1. The van der Waals surface area contributed by atoms with Crippen LogP contribution in [0.15, 0.2) is 29.4 Å². The minimum absolute atomic E-state index is 0.102. The van der Waals surface area contributed by atoms with E-state index >= 15 is 0 Å². The van der Waals surface area contributed by atoms with Gasteiger partial charge in [-0.1, -0.05) is 0 Å². The second kappa shape index (κ2) is 8.11. The number of hydrogen-bond acceptors (Lipinski definition) is 5. The molecule has 0 heterocycles. The summed E-state index contributed by atoms with van der Waals surface area (Å²) < 4.78 is 10.2. The molecule has 0 aliphatic carbocycles. The number of hydrazone groups is 1. The lowest BCUT2D eigenvalue weighted by Crippen LogP contribution is -2.23. The molecule has 1 rings (SSSR count). The molecule has 20 heavy (non-hydrogen) atoms. The average Bonchev–Trinajstić information content (AvgIpc) is 2.36. The van der Waals surface area contributed by atoms with E-state index < -0.39 is 5.97 Å². The van der Waals surface area contributed by atoms with Gasteiger partial charge in [0.2, 0.25) is 0 Å². The molecule has 0 atom stereocenters. The Labute approximate surface area is 122 Å². The van der Waals surface area contributed by atoms with Gasteiger partial charge >= 0.3 is 5.97 Å². The lowest BCUT2D eigenvalue weighted by atomic mass is 10.2. The summed E-state index contributed by atoms with van der Waals surface area (Å²) in [5, 5.41) is 3.92. The normalized spacial score (nSPS) is 10.6. The molecule has 108 valence electrons. The predicted octanol–water partition coefficient (Wildman–Crippen LogP) is 1.18. The van der Waals surface area contributed by atoms with E-state index in [0.717, 1.165) is 5.56 Å². The van der Waals surface area contributed by atoms with Crippen molar-refractivity contribution in [3.8, 4) is 5.75 Å². The van der Waals surface area contributed by atoms with Crippen molar-refractivity contribution < 1.29 is 14.3 Å². The first-order valence-corrected chi connectivity index (χ1v) is 6.39.